The van der Waals surface area contributed by atoms with Crippen molar-refractivity contribution in [1.29, 1.82) is 0 Å². The van der Waals surface area contributed by atoms with Crippen molar-refractivity contribution in [3.8, 4) is 23.0 Å². The molecule has 6 bridgehead atoms. The van der Waals surface area contributed by atoms with Crippen molar-refractivity contribution < 1.29 is 28.4 Å². The van der Waals surface area contributed by atoms with E-state index in [-0.39, 0.29) is 5.41 Å². The van der Waals surface area contributed by atoms with E-state index in [0.29, 0.717) is 64.4 Å². The van der Waals surface area contributed by atoms with E-state index in [4.69, 9.17) is 28.4 Å². The monoisotopic (exact) mass is 684 g/mol. The lowest BCUT2D eigenvalue weighted by atomic mass is 9.71. The van der Waals surface area contributed by atoms with Crippen LogP contribution in [0.4, 0.5) is 0 Å². The Morgan fingerprint density at radius 3 is 1.33 bits per heavy atom. The zero-order valence-electron chi connectivity index (χ0n) is 29.9. The van der Waals surface area contributed by atoms with Crippen LogP contribution < -0.4 is 18.9 Å². The number of ether oxygens (including phenoxy) is 6. The first-order chi connectivity index (χ1) is 25.1. The summed E-state index contributed by atoms with van der Waals surface area (Å²) in [6.07, 6.45) is 6.58. The van der Waals surface area contributed by atoms with Gasteiger partial charge in [0.15, 0.2) is 11.5 Å². The zero-order valence-corrected chi connectivity index (χ0v) is 29.9. The van der Waals surface area contributed by atoms with Gasteiger partial charge in [-0.3, -0.25) is 0 Å². The molecule has 0 N–H and O–H groups in total. The van der Waals surface area contributed by atoms with Crippen molar-refractivity contribution in [3.05, 3.63) is 118 Å². The number of aryl methyl sites for hydroxylation is 2. The van der Waals surface area contributed by atoms with E-state index in [2.05, 4.69) is 74.5 Å². The number of benzene rings is 4. The third-order valence-electron chi connectivity index (χ3n) is 10.7. The fourth-order valence-electron chi connectivity index (χ4n) is 8.54. The molecule has 4 aromatic carbocycles. The first kappa shape index (κ1) is 33.6. The number of para-hydroxylation sites is 2. The first-order valence-corrected chi connectivity index (χ1v) is 18.7. The smallest absolute Gasteiger partial charge is 0.161 e. The van der Waals surface area contributed by atoms with Crippen molar-refractivity contribution in [2.75, 3.05) is 52.9 Å². The summed E-state index contributed by atoms with van der Waals surface area (Å²) in [5.74, 6) is 3.16. The largest absolute Gasteiger partial charge is 0.491 e. The zero-order chi connectivity index (χ0) is 34.6. The Morgan fingerprint density at radius 1 is 0.431 bits per heavy atom. The van der Waals surface area contributed by atoms with E-state index in [0.717, 1.165) is 50.0 Å². The van der Waals surface area contributed by atoms with E-state index < -0.39 is 0 Å². The second kappa shape index (κ2) is 15.0. The van der Waals surface area contributed by atoms with Gasteiger partial charge in [0.1, 0.15) is 37.9 Å². The van der Waals surface area contributed by atoms with Crippen molar-refractivity contribution in [3.63, 3.8) is 0 Å². The maximum Gasteiger partial charge on any atom is 0.161 e. The molecule has 6 heteroatoms. The van der Waals surface area contributed by atoms with Crippen LogP contribution in [0.3, 0.4) is 0 Å². The second-order valence-corrected chi connectivity index (χ2v) is 14.3. The second-order valence-electron chi connectivity index (χ2n) is 14.3. The molecule has 0 saturated carbocycles. The van der Waals surface area contributed by atoms with Crippen molar-refractivity contribution in [2.45, 2.75) is 52.4 Å². The molecule has 1 aliphatic heterocycles. The molecule has 1 heterocycles. The van der Waals surface area contributed by atoms with Crippen LogP contribution in [0.15, 0.2) is 84.9 Å². The molecule has 0 saturated heterocycles. The first-order valence-electron chi connectivity index (χ1n) is 18.7. The molecule has 51 heavy (non-hydrogen) atoms. The van der Waals surface area contributed by atoms with Crippen LogP contribution in [0.5, 0.6) is 23.0 Å². The minimum atomic E-state index is -0.180. The van der Waals surface area contributed by atoms with Gasteiger partial charge in [-0.1, -0.05) is 62.4 Å². The third-order valence-corrected chi connectivity index (χ3v) is 10.7. The Kier molecular flexibility index (Phi) is 9.88. The standard InChI is InChI=1S/C45H48O6/c1-45(2)43-35-11-3-4-12-36(35)44(45)38-14-8-10-32-18-20-34(30-40(32)38)49-26-22-47-24-28-51-42-16-6-5-15-41(42)50-27-23-46-21-25-48-33-19-17-31-9-7-13-37(43)39(31)29-33/h3-6,11-12,15-20,29-30H,7-10,13-14,21-28H2,1-2H3/b43-37-,44-38?. The van der Waals surface area contributed by atoms with E-state index in [1.165, 1.54) is 55.7 Å². The maximum atomic E-state index is 6.28. The summed E-state index contributed by atoms with van der Waals surface area (Å²) in [5, 5.41) is 0. The number of allylic oxidation sites excluding steroid dienone is 4. The average Bonchev–Trinajstić information content (AvgIpc) is 3.39. The number of rotatable bonds is 0. The SMILES string of the molecule is CC1(C)C2=C3CCCc4ccc(cc43)OCCOCCOc3ccccc3OCCOCCOc3ccc4c(c3)/C(=C\1c1ccccc12)CCC4. The minimum Gasteiger partial charge on any atom is -0.491 e. The lowest BCUT2D eigenvalue weighted by molar-refractivity contribution is 0.0699. The predicted molar refractivity (Wildman–Crippen MR) is 203 cm³/mol. The highest BCUT2D eigenvalue weighted by Gasteiger charge is 2.43. The van der Waals surface area contributed by atoms with E-state index >= 15 is 0 Å². The summed E-state index contributed by atoms with van der Waals surface area (Å²) in [5.41, 5.74) is 13.9. The summed E-state index contributed by atoms with van der Waals surface area (Å²) in [7, 11) is 0. The maximum absolute atomic E-state index is 6.28. The summed E-state index contributed by atoms with van der Waals surface area (Å²) in [6.45, 7) is 8.54. The van der Waals surface area contributed by atoms with Crippen LogP contribution >= 0.6 is 0 Å². The van der Waals surface area contributed by atoms with Gasteiger partial charge < -0.3 is 28.4 Å². The van der Waals surface area contributed by atoms with Crippen LogP contribution in [-0.2, 0) is 22.3 Å². The highest BCUT2D eigenvalue weighted by Crippen LogP contribution is 2.61. The van der Waals surface area contributed by atoms with E-state index in [1.54, 1.807) is 0 Å². The Balaban J connectivity index is 1.16. The molecule has 0 unspecified atom stereocenters. The molecule has 0 spiro atoms. The normalized spacial score (nSPS) is 20.7. The van der Waals surface area contributed by atoms with Gasteiger partial charge in [0.25, 0.3) is 0 Å². The van der Waals surface area contributed by atoms with Crippen LogP contribution in [-0.4, -0.2) is 52.9 Å². The van der Waals surface area contributed by atoms with E-state index in [9.17, 15) is 0 Å². The Morgan fingerprint density at radius 2 is 0.863 bits per heavy atom. The molecule has 4 aromatic rings. The van der Waals surface area contributed by atoms with Gasteiger partial charge in [0.05, 0.1) is 26.4 Å². The molecule has 8 rings (SSSR count). The van der Waals surface area contributed by atoms with Gasteiger partial charge in [0.2, 0.25) is 0 Å². The van der Waals surface area contributed by atoms with Crippen LogP contribution in [0.1, 0.15) is 72.9 Å². The molecule has 4 aliphatic rings. The molecular formula is C45H48O6. The fraction of sp³-hybridized carbons (Fsp3) is 0.378. The molecule has 0 fully saturated rings. The van der Waals surface area contributed by atoms with Gasteiger partial charge in [-0.05, 0) is 131 Å². The molecule has 0 aromatic heterocycles. The molecule has 264 valence electrons. The van der Waals surface area contributed by atoms with Crippen LogP contribution in [0, 0.1) is 5.41 Å². The topological polar surface area (TPSA) is 55.4 Å². The number of fused-ring (bicyclic) bond motifs is 8. The Labute approximate surface area is 302 Å². The number of hydrogen-bond donors (Lipinski definition) is 0. The molecule has 0 radical (unpaired) electrons. The van der Waals surface area contributed by atoms with Gasteiger partial charge in [-0.25, -0.2) is 0 Å². The van der Waals surface area contributed by atoms with Crippen molar-refractivity contribution in [2.24, 2.45) is 5.41 Å². The lowest BCUT2D eigenvalue weighted by Crippen LogP contribution is -2.16. The third kappa shape index (κ3) is 6.92. The van der Waals surface area contributed by atoms with Gasteiger partial charge in [-0.2, -0.15) is 0 Å². The Hall–Kier alpha value is -4.52. The Bertz CT molecular complexity index is 1810. The minimum absolute atomic E-state index is 0.180. The van der Waals surface area contributed by atoms with Gasteiger partial charge >= 0.3 is 0 Å². The molecule has 3 aliphatic carbocycles. The van der Waals surface area contributed by atoms with E-state index in [1.807, 2.05) is 24.3 Å². The molecular weight excluding hydrogens is 636 g/mol. The highest BCUT2D eigenvalue weighted by atomic mass is 16.6. The summed E-state index contributed by atoms with van der Waals surface area (Å²) in [6, 6.07) is 30.1. The summed E-state index contributed by atoms with van der Waals surface area (Å²) >= 11 is 0. The quantitative estimate of drug-likeness (QED) is 0.184. The molecule has 6 nitrogen and oxygen atoms in total. The predicted octanol–water partition coefficient (Wildman–Crippen LogP) is 9.48. The molecule has 0 amide bonds. The average molecular weight is 685 g/mol. The molecule has 0 atom stereocenters. The van der Waals surface area contributed by atoms with Crippen LogP contribution in [0.25, 0.3) is 22.3 Å². The lowest BCUT2D eigenvalue weighted by Gasteiger charge is -2.32. The van der Waals surface area contributed by atoms with Gasteiger partial charge in [0, 0.05) is 5.41 Å². The van der Waals surface area contributed by atoms with Gasteiger partial charge in [-0.15, -0.1) is 0 Å². The van der Waals surface area contributed by atoms with Crippen LogP contribution in [0.2, 0.25) is 0 Å². The van der Waals surface area contributed by atoms with Crippen molar-refractivity contribution >= 4 is 22.3 Å². The number of hydrogen-bond acceptors (Lipinski definition) is 6. The summed E-state index contributed by atoms with van der Waals surface area (Å²) < 4.78 is 36.3. The fourth-order valence-corrected chi connectivity index (χ4v) is 8.54. The highest BCUT2D eigenvalue weighted by molar-refractivity contribution is 6.12. The summed E-state index contributed by atoms with van der Waals surface area (Å²) in [4.78, 5) is 0. The van der Waals surface area contributed by atoms with Crippen molar-refractivity contribution in [1.82, 2.24) is 0 Å².